The van der Waals surface area contributed by atoms with E-state index in [1.165, 1.54) is 5.56 Å². The first-order valence-electron chi connectivity index (χ1n) is 10.6. The van der Waals surface area contributed by atoms with Crippen LogP contribution in [0.3, 0.4) is 0 Å². The van der Waals surface area contributed by atoms with Gasteiger partial charge < -0.3 is 19.9 Å². The van der Waals surface area contributed by atoms with Crippen molar-refractivity contribution in [1.82, 2.24) is 9.88 Å². The van der Waals surface area contributed by atoms with Crippen LogP contribution >= 0.6 is 11.6 Å². The summed E-state index contributed by atoms with van der Waals surface area (Å²) in [4.78, 5) is 30.4. The summed E-state index contributed by atoms with van der Waals surface area (Å²) in [5.74, 6) is 0. The molecule has 1 aromatic heterocycles. The maximum atomic E-state index is 13.1. The molecule has 31 heavy (non-hydrogen) atoms. The van der Waals surface area contributed by atoms with E-state index in [9.17, 15) is 9.59 Å². The van der Waals surface area contributed by atoms with E-state index in [-0.39, 0.29) is 24.2 Å². The molecule has 3 aromatic rings. The second kappa shape index (κ2) is 9.54. The molecule has 1 atom stereocenters. The first-order chi connectivity index (χ1) is 15.0. The molecule has 1 unspecified atom stereocenters. The van der Waals surface area contributed by atoms with Gasteiger partial charge in [0, 0.05) is 34.9 Å². The number of nitrogens with one attached hydrogen (secondary N) is 2. The number of carbonyl (C=O) groups excluding carboxylic acids is 1. The number of hydrogen-bond donors (Lipinski definition) is 2. The van der Waals surface area contributed by atoms with Crippen LogP contribution in [0.25, 0.3) is 10.9 Å². The van der Waals surface area contributed by atoms with Crippen molar-refractivity contribution in [2.24, 2.45) is 0 Å². The van der Waals surface area contributed by atoms with Crippen molar-refractivity contribution < 1.29 is 9.53 Å². The molecule has 2 aromatic carbocycles. The predicted octanol–water partition coefficient (Wildman–Crippen LogP) is 4.96. The molecule has 4 rings (SSSR count). The number of urea groups is 1. The fourth-order valence-electron chi connectivity index (χ4n) is 3.83. The third-order valence-corrected chi connectivity index (χ3v) is 5.84. The summed E-state index contributed by atoms with van der Waals surface area (Å²) >= 11 is 5.94. The van der Waals surface area contributed by atoms with E-state index in [1.807, 2.05) is 18.2 Å². The molecule has 7 heteroatoms. The lowest BCUT2D eigenvalue weighted by atomic mass is 10.1. The molecule has 0 aliphatic carbocycles. The molecule has 1 aliphatic rings. The first-order valence-corrected chi connectivity index (χ1v) is 11.0. The SMILES string of the molecule is CCc1ccc2[nH]c(=O)c(CN(CC3CCCO3)C(=O)Nc3ccc(Cl)cc3)cc2c1. The van der Waals surface area contributed by atoms with Crippen molar-refractivity contribution in [3.8, 4) is 0 Å². The van der Waals surface area contributed by atoms with Gasteiger partial charge in [-0.3, -0.25) is 4.79 Å². The van der Waals surface area contributed by atoms with Gasteiger partial charge in [-0.25, -0.2) is 4.79 Å². The lowest BCUT2D eigenvalue weighted by Gasteiger charge is -2.25. The lowest BCUT2D eigenvalue weighted by molar-refractivity contribution is 0.0818. The summed E-state index contributed by atoms with van der Waals surface area (Å²) in [6, 6.07) is 14.6. The molecule has 1 aliphatic heterocycles. The van der Waals surface area contributed by atoms with Crippen LogP contribution in [0.4, 0.5) is 10.5 Å². The number of aromatic amines is 1. The van der Waals surface area contributed by atoms with Crippen molar-refractivity contribution >= 4 is 34.2 Å². The number of rotatable bonds is 6. The molecule has 6 nitrogen and oxygen atoms in total. The molecule has 0 saturated carbocycles. The van der Waals surface area contributed by atoms with E-state index < -0.39 is 0 Å². The molecular weight excluding hydrogens is 414 g/mol. The van der Waals surface area contributed by atoms with E-state index >= 15 is 0 Å². The zero-order valence-corrected chi connectivity index (χ0v) is 18.2. The summed E-state index contributed by atoms with van der Waals surface area (Å²) in [6.07, 6.45) is 2.77. The Morgan fingerprint density at radius 3 is 2.74 bits per heavy atom. The van der Waals surface area contributed by atoms with E-state index in [0.717, 1.165) is 30.2 Å². The second-order valence-electron chi connectivity index (χ2n) is 7.85. The highest BCUT2D eigenvalue weighted by molar-refractivity contribution is 6.30. The molecule has 0 radical (unpaired) electrons. The predicted molar refractivity (Wildman–Crippen MR) is 124 cm³/mol. The lowest BCUT2D eigenvalue weighted by Crippen LogP contribution is -2.40. The van der Waals surface area contributed by atoms with Gasteiger partial charge in [-0.1, -0.05) is 24.6 Å². The zero-order chi connectivity index (χ0) is 21.8. The Morgan fingerprint density at radius 2 is 2.03 bits per heavy atom. The van der Waals surface area contributed by atoms with Crippen LogP contribution in [0.1, 0.15) is 30.9 Å². The standard InChI is InChI=1S/C24H26ClN3O3/c1-2-16-5-10-22-17(12-16)13-18(23(29)27-22)14-28(15-21-4-3-11-31-21)24(30)26-20-8-6-19(25)7-9-20/h5-10,12-13,21H,2-4,11,14-15H2,1H3,(H,26,30)(H,27,29). The third kappa shape index (κ3) is 5.27. The van der Waals surface area contributed by atoms with Gasteiger partial charge in [0.25, 0.3) is 5.56 Å². The topological polar surface area (TPSA) is 74.4 Å². The Hall–Kier alpha value is -2.83. The largest absolute Gasteiger partial charge is 0.376 e. The number of nitrogens with zero attached hydrogens (tertiary/aromatic N) is 1. The number of ether oxygens (including phenoxy) is 1. The van der Waals surface area contributed by atoms with Gasteiger partial charge in [0.15, 0.2) is 0 Å². The van der Waals surface area contributed by atoms with Gasteiger partial charge in [-0.05, 0) is 72.7 Å². The van der Waals surface area contributed by atoms with Gasteiger partial charge in [-0.15, -0.1) is 0 Å². The van der Waals surface area contributed by atoms with E-state index in [0.29, 0.717) is 29.4 Å². The fourth-order valence-corrected chi connectivity index (χ4v) is 3.96. The van der Waals surface area contributed by atoms with E-state index in [2.05, 4.69) is 23.3 Å². The average Bonchev–Trinajstić information content (AvgIpc) is 3.28. The maximum absolute atomic E-state index is 13.1. The monoisotopic (exact) mass is 439 g/mol. The van der Waals surface area contributed by atoms with Gasteiger partial charge in [-0.2, -0.15) is 0 Å². The molecule has 2 heterocycles. The molecule has 2 N–H and O–H groups in total. The minimum absolute atomic E-state index is 0.0257. The van der Waals surface area contributed by atoms with Crippen LogP contribution in [0.2, 0.25) is 5.02 Å². The number of pyridine rings is 1. The van der Waals surface area contributed by atoms with Crippen molar-refractivity contribution in [2.45, 2.75) is 38.8 Å². The Labute approximate surface area is 186 Å². The number of benzene rings is 2. The summed E-state index contributed by atoms with van der Waals surface area (Å²) in [5, 5.41) is 4.46. The highest BCUT2D eigenvalue weighted by Gasteiger charge is 2.24. The number of amides is 2. The van der Waals surface area contributed by atoms with Gasteiger partial charge in [0.05, 0.1) is 12.6 Å². The van der Waals surface area contributed by atoms with Crippen molar-refractivity contribution in [3.63, 3.8) is 0 Å². The second-order valence-corrected chi connectivity index (χ2v) is 8.29. The summed E-state index contributed by atoms with van der Waals surface area (Å²) in [6.45, 7) is 3.42. The zero-order valence-electron chi connectivity index (χ0n) is 17.5. The highest BCUT2D eigenvalue weighted by Crippen LogP contribution is 2.19. The molecular formula is C24H26ClN3O3. The number of hydrogen-bond acceptors (Lipinski definition) is 3. The number of anilines is 1. The number of halogens is 1. The molecule has 0 bridgehead atoms. The van der Waals surface area contributed by atoms with E-state index in [4.69, 9.17) is 16.3 Å². The van der Waals surface area contributed by atoms with Crippen LogP contribution in [-0.2, 0) is 17.7 Å². The molecule has 2 amide bonds. The molecule has 1 saturated heterocycles. The third-order valence-electron chi connectivity index (χ3n) is 5.59. The number of aromatic nitrogens is 1. The quantitative estimate of drug-likeness (QED) is 0.570. The minimum atomic E-state index is -0.278. The van der Waals surface area contributed by atoms with Crippen molar-refractivity contribution in [1.29, 1.82) is 0 Å². The molecule has 162 valence electrons. The van der Waals surface area contributed by atoms with Crippen molar-refractivity contribution in [3.05, 3.63) is 75.0 Å². The molecule has 0 spiro atoms. The highest BCUT2D eigenvalue weighted by atomic mass is 35.5. The van der Waals surface area contributed by atoms with Crippen LogP contribution in [0.5, 0.6) is 0 Å². The number of fused-ring (bicyclic) bond motifs is 1. The minimum Gasteiger partial charge on any atom is -0.376 e. The number of H-pyrrole nitrogens is 1. The van der Waals surface area contributed by atoms with Crippen molar-refractivity contribution in [2.75, 3.05) is 18.5 Å². The van der Waals surface area contributed by atoms with Crippen LogP contribution in [0.15, 0.2) is 53.3 Å². The van der Waals surface area contributed by atoms with Gasteiger partial charge in [0.2, 0.25) is 0 Å². The normalized spacial score (nSPS) is 15.9. The van der Waals surface area contributed by atoms with Gasteiger partial charge >= 0.3 is 6.03 Å². The van der Waals surface area contributed by atoms with Crippen LogP contribution in [-0.4, -0.2) is 35.2 Å². The summed E-state index contributed by atoms with van der Waals surface area (Å²) in [7, 11) is 0. The number of aryl methyl sites for hydroxylation is 1. The Morgan fingerprint density at radius 1 is 1.23 bits per heavy atom. The van der Waals surface area contributed by atoms with Crippen LogP contribution < -0.4 is 10.9 Å². The Balaban J connectivity index is 1.60. The average molecular weight is 440 g/mol. The van der Waals surface area contributed by atoms with E-state index in [1.54, 1.807) is 29.2 Å². The summed E-state index contributed by atoms with van der Waals surface area (Å²) < 4.78 is 5.74. The van der Waals surface area contributed by atoms with Crippen LogP contribution in [0, 0.1) is 0 Å². The Bertz CT molecular complexity index is 1120. The Kier molecular flexibility index (Phi) is 6.59. The van der Waals surface area contributed by atoms with Gasteiger partial charge in [0.1, 0.15) is 0 Å². The first kappa shape index (κ1) is 21.4. The summed E-state index contributed by atoms with van der Waals surface area (Å²) in [5.41, 5.74) is 2.99. The smallest absolute Gasteiger partial charge is 0.322 e. The fraction of sp³-hybridized carbons (Fsp3) is 0.333. The maximum Gasteiger partial charge on any atom is 0.322 e. The number of carbonyl (C=O) groups is 1. The molecule has 1 fully saturated rings.